The Morgan fingerprint density at radius 3 is 2.67 bits per heavy atom. The number of carbonyl (C=O) groups is 2. The zero-order valence-electron chi connectivity index (χ0n) is 12.6. The monoisotopic (exact) mass is 291 g/mol. The molecule has 1 aliphatic rings. The van der Waals surface area contributed by atoms with E-state index in [0.29, 0.717) is 24.3 Å². The number of hydrogen-bond donors (Lipinski definition) is 1. The molecule has 114 valence electrons. The van der Waals surface area contributed by atoms with E-state index < -0.39 is 11.9 Å². The normalized spacial score (nSPS) is 22.0. The molecule has 1 aromatic carbocycles. The van der Waals surface area contributed by atoms with Crippen LogP contribution in [-0.4, -0.2) is 42.1 Å². The summed E-state index contributed by atoms with van der Waals surface area (Å²) in [6, 6.07) is 5.32. The molecule has 1 saturated heterocycles. The molecule has 5 nitrogen and oxygen atoms in total. The van der Waals surface area contributed by atoms with Crippen molar-refractivity contribution in [3.05, 3.63) is 29.3 Å². The molecule has 0 bridgehead atoms. The van der Waals surface area contributed by atoms with E-state index in [0.717, 1.165) is 5.56 Å². The molecular formula is C16H21NO4. The van der Waals surface area contributed by atoms with E-state index in [4.69, 9.17) is 4.74 Å². The van der Waals surface area contributed by atoms with Crippen LogP contribution in [0.25, 0.3) is 0 Å². The molecule has 1 N–H and O–H groups in total. The van der Waals surface area contributed by atoms with Gasteiger partial charge in [-0.25, -0.2) is 0 Å². The third-order valence-corrected chi connectivity index (χ3v) is 3.95. The molecule has 0 radical (unpaired) electrons. The Hall–Kier alpha value is -2.04. The van der Waals surface area contributed by atoms with Crippen molar-refractivity contribution in [1.82, 2.24) is 4.90 Å². The number of carboxylic acids is 1. The van der Waals surface area contributed by atoms with Crippen LogP contribution in [0.1, 0.15) is 29.3 Å². The molecule has 0 aromatic heterocycles. The summed E-state index contributed by atoms with van der Waals surface area (Å²) in [5, 5.41) is 9.19. The fourth-order valence-corrected chi connectivity index (χ4v) is 2.83. The lowest BCUT2D eigenvalue weighted by Gasteiger charge is -2.34. The van der Waals surface area contributed by atoms with E-state index >= 15 is 0 Å². The molecule has 21 heavy (non-hydrogen) atoms. The predicted molar refractivity (Wildman–Crippen MR) is 78.5 cm³/mol. The molecule has 0 aliphatic carbocycles. The van der Waals surface area contributed by atoms with E-state index in [1.807, 2.05) is 19.9 Å². The molecule has 2 atom stereocenters. The molecule has 1 aliphatic heterocycles. The third-order valence-electron chi connectivity index (χ3n) is 3.95. The minimum atomic E-state index is -0.833. The predicted octanol–water partition coefficient (Wildman–Crippen LogP) is 2.19. The van der Waals surface area contributed by atoms with Crippen LogP contribution in [0.4, 0.5) is 0 Å². The molecule has 2 rings (SSSR count). The number of nitrogens with zero attached hydrogens (tertiary/aromatic N) is 1. The van der Waals surface area contributed by atoms with Gasteiger partial charge in [0, 0.05) is 18.7 Å². The number of carboxylic acid groups (broad SMARTS) is 1. The van der Waals surface area contributed by atoms with Gasteiger partial charge in [0.15, 0.2) is 0 Å². The van der Waals surface area contributed by atoms with Crippen molar-refractivity contribution >= 4 is 11.9 Å². The number of rotatable bonds is 3. The first-order chi connectivity index (χ1) is 9.92. The van der Waals surface area contributed by atoms with E-state index in [1.54, 1.807) is 24.1 Å². The number of likely N-dealkylation sites (tertiary alicyclic amines) is 1. The van der Waals surface area contributed by atoms with Crippen LogP contribution >= 0.6 is 0 Å². The number of aliphatic carboxylic acids is 1. The zero-order chi connectivity index (χ0) is 15.6. The van der Waals surface area contributed by atoms with Gasteiger partial charge in [-0.15, -0.1) is 0 Å². The van der Waals surface area contributed by atoms with Crippen molar-refractivity contribution in [1.29, 1.82) is 0 Å². The van der Waals surface area contributed by atoms with Gasteiger partial charge in [0.25, 0.3) is 5.91 Å². The second kappa shape index (κ2) is 6.16. The van der Waals surface area contributed by atoms with Gasteiger partial charge in [0.05, 0.1) is 13.0 Å². The lowest BCUT2D eigenvalue weighted by atomic mass is 9.90. The van der Waals surface area contributed by atoms with Gasteiger partial charge in [-0.05, 0) is 37.0 Å². The highest BCUT2D eigenvalue weighted by Gasteiger charge is 2.32. The number of benzene rings is 1. The van der Waals surface area contributed by atoms with Crippen molar-refractivity contribution in [2.24, 2.45) is 11.8 Å². The second-order valence-electron chi connectivity index (χ2n) is 5.77. The summed E-state index contributed by atoms with van der Waals surface area (Å²) in [5.41, 5.74) is 1.50. The van der Waals surface area contributed by atoms with Gasteiger partial charge in [0.2, 0.25) is 0 Å². The van der Waals surface area contributed by atoms with Gasteiger partial charge in [0.1, 0.15) is 5.75 Å². The first-order valence-electron chi connectivity index (χ1n) is 7.09. The van der Waals surface area contributed by atoms with Gasteiger partial charge in [-0.3, -0.25) is 9.59 Å². The molecule has 0 spiro atoms. The van der Waals surface area contributed by atoms with Gasteiger partial charge in [-0.1, -0.05) is 13.0 Å². The minimum Gasteiger partial charge on any atom is -0.496 e. The largest absolute Gasteiger partial charge is 0.496 e. The lowest BCUT2D eigenvalue weighted by Crippen LogP contribution is -2.45. The summed E-state index contributed by atoms with van der Waals surface area (Å²) in [6.45, 7) is 4.76. The summed E-state index contributed by atoms with van der Waals surface area (Å²) in [5.74, 6) is -0.589. The summed E-state index contributed by atoms with van der Waals surface area (Å²) in [4.78, 5) is 25.4. The molecule has 1 aromatic rings. The van der Waals surface area contributed by atoms with Crippen molar-refractivity contribution in [3.63, 3.8) is 0 Å². The van der Waals surface area contributed by atoms with E-state index in [2.05, 4.69) is 0 Å². The molecule has 0 saturated carbocycles. The highest BCUT2D eigenvalue weighted by molar-refractivity contribution is 5.95. The van der Waals surface area contributed by atoms with Crippen LogP contribution in [0.2, 0.25) is 0 Å². The molecule has 1 amide bonds. The SMILES string of the molecule is COc1cc(C(=O)N2CC(C)CC(C(=O)O)C2)ccc1C. The molecule has 1 fully saturated rings. The standard InChI is InChI=1S/C16H21NO4/c1-10-6-13(16(19)20)9-17(8-10)15(18)12-5-4-11(2)14(7-12)21-3/h4-5,7,10,13H,6,8-9H2,1-3H3,(H,19,20). The van der Waals surface area contributed by atoms with Crippen LogP contribution in [0.15, 0.2) is 18.2 Å². The summed E-state index contributed by atoms with van der Waals surface area (Å²) >= 11 is 0. The maximum atomic E-state index is 12.6. The zero-order valence-corrected chi connectivity index (χ0v) is 12.6. The Labute approximate surface area is 124 Å². The first-order valence-corrected chi connectivity index (χ1v) is 7.09. The lowest BCUT2D eigenvalue weighted by molar-refractivity contribution is -0.143. The maximum absolute atomic E-state index is 12.6. The number of piperidine rings is 1. The molecule has 1 heterocycles. The fraction of sp³-hybridized carbons (Fsp3) is 0.500. The van der Waals surface area contributed by atoms with Gasteiger partial charge in [-0.2, -0.15) is 0 Å². The summed E-state index contributed by atoms with van der Waals surface area (Å²) < 4.78 is 5.24. The smallest absolute Gasteiger partial charge is 0.308 e. The average molecular weight is 291 g/mol. The van der Waals surface area contributed by atoms with Crippen LogP contribution in [0.5, 0.6) is 5.75 Å². The van der Waals surface area contributed by atoms with E-state index in [-0.39, 0.29) is 18.4 Å². The summed E-state index contributed by atoms with van der Waals surface area (Å²) in [7, 11) is 1.57. The number of hydrogen-bond acceptors (Lipinski definition) is 3. The quantitative estimate of drug-likeness (QED) is 0.927. The minimum absolute atomic E-state index is 0.133. The van der Waals surface area contributed by atoms with Gasteiger partial charge < -0.3 is 14.7 Å². The number of amides is 1. The van der Waals surface area contributed by atoms with Crippen LogP contribution in [0.3, 0.4) is 0 Å². The number of aryl methyl sites for hydroxylation is 1. The van der Waals surface area contributed by atoms with Crippen molar-refractivity contribution in [2.45, 2.75) is 20.3 Å². The van der Waals surface area contributed by atoms with Crippen molar-refractivity contribution in [2.75, 3.05) is 20.2 Å². The van der Waals surface area contributed by atoms with Crippen LogP contribution in [-0.2, 0) is 4.79 Å². The molecule has 5 heteroatoms. The van der Waals surface area contributed by atoms with Crippen LogP contribution < -0.4 is 4.74 Å². The van der Waals surface area contributed by atoms with Crippen molar-refractivity contribution in [3.8, 4) is 5.75 Å². The Bertz CT molecular complexity index is 555. The first kappa shape index (κ1) is 15.4. The fourth-order valence-electron chi connectivity index (χ4n) is 2.83. The molecular weight excluding hydrogens is 270 g/mol. The van der Waals surface area contributed by atoms with Crippen molar-refractivity contribution < 1.29 is 19.4 Å². The summed E-state index contributed by atoms with van der Waals surface area (Å²) in [6.07, 6.45) is 0.621. The topological polar surface area (TPSA) is 66.8 Å². The molecule has 2 unspecified atom stereocenters. The van der Waals surface area contributed by atoms with Gasteiger partial charge >= 0.3 is 5.97 Å². The average Bonchev–Trinajstić information content (AvgIpc) is 2.46. The third kappa shape index (κ3) is 3.35. The Kier molecular flexibility index (Phi) is 4.50. The highest BCUT2D eigenvalue weighted by Crippen LogP contribution is 2.25. The highest BCUT2D eigenvalue weighted by atomic mass is 16.5. The Morgan fingerprint density at radius 2 is 2.05 bits per heavy atom. The second-order valence-corrected chi connectivity index (χ2v) is 5.77. The van der Waals surface area contributed by atoms with Crippen LogP contribution in [0, 0.1) is 18.8 Å². The maximum Gasteiger partial charge on any atom is 0.308 e. The Morgan fingerprint density at radius 1 is 1.33 bits per heavy atom. The van der Waals surface area contributed by atoms with E-state index in [1.165, 1.54) is 0 Å². The van der Waals surface area contributed by atoms with E-state index in [9.17, 15) is 14.7 Å². The Balaban J connectivity index is 2.20. The number of carbonyl (C=O) groups excluding carboxylic acids is 1. The number of methoxy groups -OCH3 is 1. The number of ether oxygens (including phenoxy) is 1.